The lowest BCUT2D eigenvalue weighted by atomic mass is 10.1. The zero-order valence-corrected chi connectivity index (χ0v) is 9.49. The van der Waals surface area contributed by atoms with Crippen molar-refractivity contribution in [2.24, 2.45) is 5.92 Å². The fraction of sp³-hybridized carbons (Fsp3) is 0.727. The van der Waals surface area contributed by atoms with Crippen molar-refractivity contribution in [2.45, 2.75) is 19.9 Å². The Morgan fingerprint density at radius 1 is 1.67 bits per heavy atom. The van der Waals surface area contributed by atoms with E-state index < -0.39 is 0 Å². The molecule has 1 aromatic rings. The largest absolute Gasteiger partial charge is 0.384 e. The lowest BCUT2D eigenvalue weighted by molar-refractivity contribution is 0.152. The molecule has 1 saturated heterocycles. The lowest BCUT2D eigenvalue weighted by Gasteiger charge is -2.14. The number of aryl methyl sites for hydroxylation is 1. The van der Waals surface area contributed by atoms with Gasteiger partial charge in [-0.25, -0.2) is 4.98 Å². The van der Waals surface area contributed by atoms with Crippen LogP contribution in [0, 0.1) is 12.8 Å². The number of nitrogens with zero attached hydrogens (tertiary/aromatic N) is 2. The Labute approximate surface area is 90.6 Å². The molecule has 84 valence electrons. The van der Waals surface area contributed by atoms with Crippen molar-refractivity contribution in [3.63, 3.8) is 0 Å². The Morgan fingerprint density at radius 2 is 2.53 bits per heavy atom. The number of likely N-dealkylation sites (tertiary alicyclic amines) is 1. The molecule has 2 rings (SSSR count). The summed E-state index contributed by atoms with van der Waals surface area (Å²) in [5.74, 6) is 0.703. The number of H-pyrrole nitrogens is 1. The Hall–Kier alpha value is -0.870. The van der Waals surface area contributed by atoms with Gasteiger partial charge in [-0.3, -0.25) is 4.90 Å². The van der Waals surface area contributed by atoms with E-state index in [-0.39, 0.29) is 0 Å². The normalized spacial score (nSPS) is 22.4. The van der Waals surface area contributed by atoms with Crippen molar-refractivity contribution >= 4 is 0 Å². The molecule has 0 radical (unpaired) electrons. The summed E-state index contributed by atoms with van der Waals surface area (Å²) < 4.78 is 5.18. The van der Waals surface area contributed by atoms with Crippen LogP contribution in [0.15, 0.2) is 6.33 Å². The van der Waals surface area contributed by atoms with Crippen LogP contribution in [0.25, 0.3) is 0 Å². The predicted molar refractivity (Wildman–Crippen MR) is 58.6 cm³/mol. The predicted octanol–water partition coefficient (Wildman–Crippen LogP) is 1.19. The number of hydrogen-bond donors (Lipinski definition) is 1. The van der Waals surface area contributed by atoms with E-state index in [1.54, 1.807) is 13.4 Å². The van der Waals surface area contributed by atoms with Crippen LogP contribution in [0.5, 0.6) is 0 Å². The number of ether oxygens (including phenoxy) is 1. The fourth-order valence-corrected chi connectivity index (χ4v) is 2.19. The first-order valence-electron chi connectivity index (χ1n) is 5.49. The van der Waals surface area contributed by atoms with Gasteiger partial charge in [-0.1, -0.05) is 0 Å². The van der Waals surface area contributed by atoms with Crippen LogP contribution in [0.2, 0.25) is 0 Å². The number of aromatic amines is 1. The lowest BCUT2D eigenvalue weighted by Crippen LogP contribution is -2.21. The second-order valence-electron chi connectivity index (χ2n) is 4.32. The SMILES string of the molecule is COCC1CCN(Cc2nc[nH]c2C)C1. The summed E-state index contributed by atoms with van der Waals surface area (Å²) in [6.45, 7) is 6.23. The monoisotopic (exact) mass is 209 g/mol. The number of imidazole rings is 1. The van der Waals surface area contributed by atoms with Gasteiger partial charge in [0.15, 0.2) is 0 Å². The third-order valence-corrected chi connectivity index (χ3v) is 3.08. The minimum Gasteiger partial charge on any atom is -0.384 e. The average Bonchev–Trinajstić information content (AvgIpc) is 2.79. The first-order valence-corrected chi connectivity index (χ1v) is 5.49. The van der Waals surface area contributed by atoms with Gasteiger partial charge in [0.25, 0.3) is 0 Å². The maximum absolute atomic E-state index is 5.18. The Morgan fingerprint density at radius 3 is 3.20 bits per heavy atom. The molecule has 0 spiro atoms. The van der Waals surface area contributed by atoms with Gasteiger partial charge in [-0.05, 0) is 25.8 Å². The van der Waals surface area contributed by atoms with Crippen LogP contribution in [0.4, 0.5) is 0 Å². The van der Waals surface area contributed by atoms with E-state index in [2.05, 4.69) is 21.8 Å². The molecule has 1 aromatic heterocycles. The number of nitrogens with one attached hydrogen (secondary N) is 1. The Balaban J connectivity index is 1.85. The minimum absolute atomic E-state index is 0.703. The van der Waals surface area contributed by atoms with Gasteiger partial charge in [-0.2, -0.15) is 0 Å². The molecule has 2 heterocycles. The van der Waals surface area contributed by atoms with Crippen LogP contribution in [0.3, 0.4) is 0 Å². The summed E-state index contributed by atoms with van der Waals surface area (Å²) in [5.41, 5.74) is 2.36. The second kappa shape index (κ2) is 4.77. The van der Waals surface area contributed by atoms with Gasteiger partial charge in [0.2, 0.25) is 0 Å². The van der Waals surface area contributed by atoms with Crippen molar-refractivity contribution in [3.8, 4) is 0 Å². The van der Waals surface area contributed by atoms with Crippen LogP contribution >= 0.6 is 0 Å². The number of hydrogen-bond acceptors (Lipinski definition) is 3. The highest BCUT2D eigenvalue weighted by molar-refractivity contribution is 5.08. The van der Waals surface area contributed by atoms with Crippen LogP contribution in [-0.4, -0.2) is 41.7 Å². The first kappa shape index (κ1) is 10.6. The fourth-order valence-electron chi connectivity index (χ4n) is 2.19. The third-order valence-electron chi connectivity index (χ3n) is 3.08. The first-order chi connectivity index (χ1) is 7.29. The van der Waals surface area contributed by atoms with Crippen molar-refractivity contribution in [3.05, 3.63) is 17.7 Å². The summed E-state index contributed by atoms with van der Waals surface area (Å²) in [6.07, 6.45) is 3.02. The van der Waals surface area contributed by atoms with Crippen molar-refractivity contribution in [2.75, 3.05) is 26.8 Å². The van der Waals surface area contributed by atoms with Gasteiger partial charge in [0.05, 0.1) is 18.6 Å². The van der Waals surface area contributed by atoms with Gasteiger partial charge in [0.1, 0.15) is 0 Å². The zero-order chi connectivity index (χ0) is 10.7. The molecule has 0 aromatic carbocycles. The van der Waals surface area contributed by atoms with E-state index >= 15 is 0 Å². The van der Waals surface area contributed by atoms with Gasteiger partial charge >= 0.3 is 0 Å². The van der Waals surface area contributed by atoms with E-state index in [0.717, 1.165) is 19.7 Å². The topological polar surface area (TPSA) is 41.1 Å². The standard InChI is InChI=1S/C11H19N3O/c1-9-11(13-8-12-9)6-14-4-3-10(5-14)7-15-2/h8,10H,3-7H2,1-2H3,(H,12,13). The highest BCUT2D eigenvalue weighted by Gasteiger charge is 2.22. The highest BCUT2D eigenvalue weighted by Crippen LogP contribution is 2.18. The number of rotatable bonds is 4. The molecule has 1 atom stereocenters. The van der Waals surface area contributed by atoms with Gasteiger partial charge in [0, 0.05) is 25.9 Å². The Bertz CT molecular complexity index is 311. The molecule has 0 bridgehead atoms. The number of methoxy groups -OCH3 is 1. The number of aromatic nitrogens is 2. The minimum atomic E-state index is 0.703. The third kappa shape index (κ3) is 2.58. The maximum Gasteiger partial charge on any atom is 0.0925 e. The molecule has 1 aliphatic heterocycles. The van der Waals surface area contributed by atoms with E-state index in [1.807, 2.05) is 0 Å². The smallest absolute Gasteiger partial charge is 0.0925 e. The van der Waals surface area contributed by atoms with E-state index in [9.17, 15) is 0 Å². The van der Waals surface area contributed by atoms with Crippen LogP contribution in [-0.2, 0) is 11.3 Å². The van der Waals surface area contributed by atoms with Gasteiger partial charge < -0.3 is 9.72 Å². The summed E-state index contributed by atoms with van der Waals surface area (Å²) in [6, 6.07) is 0. The molecule has 0 amide bonds. The molecule has 1 N–H and O–H groups in total. The van der Waals surface area contributed by atoms with Crippen molar-refractivity contribution in [1.82, 2.24) is 14.9 Å². The van der Waals surface area contributed by atoms with Crippen molar-refractivity contribution in [1.29, 1.82) is 0 Å². The molecule has 1 fully saturated rings. The summed E-state index contributed by atoms with van der Waals surface area (Å²) >= 11 is 0. The van der Waals surface area contributed by atoms with E-state index in [0.29, 0.717) is 5.92 Å². The zero-order valence-electron chi connectivity index (χ0n) is 9.49. The van der Waals surface area contributed by atoms with Gasteiger partial charge in [-0.15, -0.1) is 0 Å². The van der Waals surface area contributed by atoms with E-state index in [4.69, 9.17) is 4.74 Å². The molecule has 15 heavy (non-hydrogen) atoms. The van der Waals surface area contributed by atoms with Crippen molar-refractivity contribution < 1.29 is 4.74 Å². The second-order valence-corrected chi connectivity index (χ2v) is 4.32. The molecule has 4 nitrogen and oxygen atoms in total. The van der Waals surface area contributed by atoms with E-state index in [1.165, 1.54) is 24.4 Å². The molecule has 1 unspecified atom stereocenters. The summed E-state index contributed by atoms with van der Waals surface area (Å²) in [4.78, 5) is 9.89. The maximum atomic E-state index is 5.18. The molecule has 1 aliphatic rings. The molecular weight excluding hydrogens is 190 g/mol. The molecular formula is C11H19N3O. The molecule has 0 aliphatic carbocycles. The van der Waals surface area contributed by atoms with Crippen LogP contribution in [0.1, 0.15) is 17.8 Å². The summed E-state index contributed by atoms with van der Waals surface area (Å²) in [7, 11) is 1.78. The molecule has 0 saturated carbocycles. The quantitative estimate of drug-likeness (QED) is 0.809. The molecule has 4 heteroatoms. The average molecular weight is 209 g/mol. The Kier molecular flexibility index (Phi) is 3.38. The van der Waals surface area contributed by atoms with Crippen LogP contribution < -0.4 is 0 Å². The highest BCUT2D eigenvalue weighted by atomic mass is 16.5. The summed E-state index contributed by atoms with van der Waals surface area (Å²) in [5, 5.41) is 0.